The van der Waals surface area contributed by atoms with Crippen molar-refractivity contribution in [1.29, 1.82) is 0 Å². The number of carboxylic acids is 1. The van der Waals surface area contributed by atoms with Crippen LogP contribution >= 0.6 is 0 Å². The molecule has 1 N–H and O–H groups in total. The Bertz CT molecular complexity index is 753. The van der Waals surface area contributed by atoms with Crippen molar-refractivity contribution in [3.63, 3.8) is 0 Å². The summed E-state index contributed by atoms with van der Waals surface area (Å²) in [4.78, 5) is 33.2. The van der Waals surface area contributed by atoms with Crippen molar-refractivity contribution in [2.75, 3.05) is 5.32 Å². The molecule has 22 heavy (non-hydrogen) atoms. The number of rotatable bonds is 4. The van der Waals surface area contributed by atoms with E-state index < -0.39 is 16.8 Å². The number of benzene rings is 2. The highest BCUT2D eigenvalue weighted by atomic mass is 16.6. The average molecular weight is 299 g/mol. The number of nitro groups is 1. The lowest BCUT2D eigenvalue weighted by Gasteiger charge is -2.14. The van der Waals surface area contributed by atoms with Gasteiger partial charge in [-0.3, -0.25) is 14.9 Å². The van der Waals surface area contributed by atoms with Crippen LogP contribution in [0.5, 0.6) is 0 Å². The van der Waals surface area contributed by atoms with E-state index in [9.17, 15) is 24.8 Å². The second kappa shape index (κ2) is 6.04. The molecule has 0 aliphatic rings. The highest BCUT2D eigenvalue weighted by Gasteiger charge is 2.13. The van der Waals surface area contributed by atoms with Crippen molar-refractivity contribution in [3.8, 4) is 0 Å². The fourth-order valence-corrected chi connectivity index (χ4v) is 1.92. The number of nitrogens with zero attached hydrogens (tertiary/aromatic N) is 1. The van der Waals surface area contributed by atoms with Gasteiger partial charge in [0.2, 0.25) is 0 Å². The number of hydrogen-bond donors (Lipinski definition) is 1. The summed E-state index contributed by atoms with van der Waals surface area (Å²) >= 11 is 0. The third kappa shape index (κ3) is 3.09. The van der Waals surface area contributed by atoms with Gasteiger partial charge in [0.1, 0.15) is 0 Å². The SMILES string of the molecule is Cc1cccc(C(=O)[O-])c1NC(=O)c1ccc([N+](=O)[O-])cc1. The topological polar surface area (TPSA) is 112 Å². The normalized spacial score (nSPS) is 10.0. The van der Waals surface area contributed by atoms with E-state index in [1.54, 1.807) is 19.1 Å². The van der Waals surface area contributed by atoms with E-state index in [2.05, 4.69) is 5.32 Å². The number of aromatic carboxylic acids is 1. The Morgan fingerprint density at radius 2 is 1.73 bits per heavy atom. The molecule has 0 spiro atoms. The van der Waals surface area contributed by atoms with Gasteiger partial charge in [-0.05, 0) is 24.6 Å². The maximum absolute atomic E-state index is 12.1. The molecule has 2 aromatic rings. The van der Waals surface area contributed by atoms with E-state index in [1.165, 1.54) is 30.3 Å². The van der Waals surface area contributed by atoms with Gasteiger partial charge in [0, 0.05) is 23.3 Å². The number of non-ortho nitro benzene ring substituents is 1. The van der Waals surface area contributed by atoms with Crippen LogP contribution in [0, 0.1) is 17.0 Å². The van der Waals surface area contributed by atoms with Crippen LogP contribution < -0.4 is 10.4 Å². The number of hydrogen-bond acceptors (Lipinski definition) is 5. The van der Waals surface area contributed by atoms with Crippen LogP contribution in [0.3, 0.4) is 0 Å². The fraction of sp³-hybridized carbons (Fsp3) is 0.0667. The first kappa shape index (κ1) is 15.2. The second-order valence-corrected chi connectivity index (χ2v) is 4.54. The summed E-state index contributed by atoms with van der Waals surface area (Å²) in [6.45, 7) is 1.65. The Labute approximate surface area is 125 Å². The van der Waals surface area contributed by atoms with Crippen molar-refractivity contribution in [2.24, 2.45) is 0 Å². The number of nitro benzene ring substituents is 1. The van der Waals surface area contributed by atoms with Gasteiger partial charge in [-0.15, -0.1) is 0 Å². The van der Waals surface area contributed by atoms with E-state index in [4.69, 9.17) is 0 Å². The number of anilines is 1. The smallest absolute Gasteiger partial charge is 0.269 e. The lowest BCUT2D eigenvalue weighted by atomic mass is 10.1. The molecule has 112 valence electrons. The molecule has 0 heterocycles. The van der Waals surface area contributed by atoms with Crippen molar-refractivity contribution in [1.82, 2.24) is 0 Å². The van der Waals surface area contributed by atoms with E-state index in [1.807, 2.05) is 0 Å². The summed E-state index contributed by atoms with van der Waals surface area (Å²) in [5.41, 5.74) is 0.624. The predicted molar refractivity (Wildman–Crippen MR) is 76.6 cm³/mol. The van der Waals surface area contributed by atoms with Crippen LogP contribution in [0.25, 0.3) is 0 Å². The Morgan fingerprint density at radius 1 is 1.09 bits per heavy atom. The average Bonchev–Trinajstić information content (AvgIpc) is 2.49. The minimum absolute atomic E-state index is 0.129. The number of carbonyl (C=O) groups is 2. The van der Waals surface area contributed by atoms with Crippen LogP contribution in [0.4, 0.5) is 11.4 Å². The molecule has 0 atom stereocenters. The molecule has 0 radical (unpaired) electrons. The molecule has 0 bridgehead atoms. The van der Waals surface area contributed by atoms with Crippen LogP contribution in [0.1, 0.15) is 26.3 Å². The zero-order valence-corrected chi connectivity index (χ0v) is 11.5. The first-order chi connectivity index (χ1) is 10.4. The first-order valence-corrected chi connectivity index (χ1v) is 6.27. The minimum atomic E-state index is -1.40. The van der Waals surface area contributed by atoms with Crippen LogP contribution in [-0.4, -0.2) is 16.8 Å². The van der Waals surface area contributed by atoms with Gasteiger partial charge in [0.05, 0.1) is 16.6 Å². The third-order valence-corrected chi connectivity index (χ3v) is 3.07. The highest BCUT2D eigenvalue weighted by Crippen LogP contribution is 2.21. The summed E-state index contributed by atoms with van der Waals surface area (Å²) in [5, 5.41) is 24.1. The Balaban J connectivity index is 2.29. The summed E-state index contributed by atoms with van der Waals surface area (Å²) in [6, 6.07) is 9.52. The number of carbonyl (C=O) groups excluding carboxylic acids is 2. The second-order valence-electron chi connectivity index (χ2n) is 4.54. The van der Waals surface area contributed by atoms with Crippen molar-refractivity contribution >= 4 is 23.3 Å². The number of carboxylic acid groups (broad SMARTS) is 1. The Morgan fingerprint density at radius 3 is 2.27 bits per heavy atom. The quantitative estimate of drug-likeness (QED) is 0.679. The summed E-state index contributed by atoms with van der Waals surface area (Å²) in [5.74, 6) is -1.96. The van der Waals surface area contributed by atoms with E-state index in [0.717, 1.165) is 0 Å². The molecule has 0 saturated heterocycles. The number of amides is 1. The zero-order chi connectivity index (χ0) is 16.3. The van der Waals surface area contributed by atoms with Crippen molar-refractivity contribution in [2.45, 2.75) is 6.92 Å². The number of nitrogens with one attached hydrogen (secondary N) is 1. The van der Waals surface area contributed by atoms with Gasteiger partial charge in [0.25, 0.3) is 11.6 Å². The lowest BCUT2D eigenvalue weighted by Crippen LogP contribution is -2.25. The largest absolute Gasteiger partial charge is 0.545 e. The molecule has 1 amide bonds. The molecule has 0 unspecified atom stereocenters. The minimum Gasteiger partial charge on any atom is -0.545 e. The van der Waals surface area contributed by atoms with Crippen LogP contribution in [0.15, 0.2) is 42.5 Å². The van der Waals surface area contributed by atoms with Crippen molar-refractivity contribution in [3.05, 3.63) is 69.3 Å². The summed E-state index contributed by atoms with van der Waals surface area (Å²) in [7, 11) is 0. The van der Waals surface area contributed by atoms with Gasteiger partial charge < -0.3 is 15.2 Å². The number of para-hydroxylation sites is 1. The number of aryl methyl sites for hydroxylation is 1. The molecule has 0 aliphatic heterocycles. The standard InChI is InChI=1S/C15H12N2O5/c1-9-3-2-4-12(15(19)20)13(9)16-14(18)10-5-7-11(8-6-10)17(21)22/h2-8H,1H3,(H,16,18)(H,19,20)/p-1. The van der Waals surface area contributed by atoms with Crippen molar-refractivity contribution < 1.29 is 19.6 Å². The van der Waals surface area contributed by atoms with Gasteiger partial charge in [0.15, 0.2) is 0 Å². The van der Waals surface area contributed by atoms with Gasteiger partial charge in [-0.1, -0.05) is 18.2 Å². The summed E-state index contributed by atoms with van der Waals surface area (Å²) in [6.07, 6.45) is 0. The molecule has 0 saturated carbocycles. The van der Waals surface area contributed by atoms with E-state index in [0.29, 0.717) is 5.56 Å². The molecule has 7 nitrogen and oxygen atoms in total. The van der Waals surface area contributed by atoms with Gasteiger partial charge in [-0.2, -0.15) is 0 Å². The molecular weight excluding hydrogens is 288 g/mol. The van der Waals surface area contributed by atoms with Crippen LogP contribution in [-0.2, 0) is 0 Å². The maximum atomic E-state index is 12.1. The molecule has 2 aromatic carbocycles. The molecule has 7 heteroatoms. The highest BCUT2D eigenvalue weighted by molar-refractivity contribution is 6.08. The molecule has 2 rings (SSSR count). The van der Waals surface area contributed by atoms with Gasteiger partial charge in [-0.25, -0.2) is 0 Å². The fourth-order valence-electron chi connectivity index (χ4n) is 1.92. The Kier molecular flexibility index (Phi) is 4.17. The van der Waals surface area contributed by atoms with Gasteiger partial charge >= 0.3 is 0 Å². The predicted octanol–water partition coefficient (Wildman–Crippen LogP) is 1.52. The monoisotopic (exact) mass is 299 g/mol. The lowest BCUT2D eigenvalue weighted by molar-refractivity contribution is -0.384. The molecular formula is C15H11N2O5-. The zero-order valence-electron chi connectivity index (χ0n) is 11.5. The molecule has 0 aliphatic carbocycles. The molecule has 0 aromatic heterocycles. The molecule has 0 fully saturated rings. The third-order valence-electron chi connectivity index (χ3n) is 3.07. The summed E-state index contributed by atoms with van der Waals surface area (Å²) < 4.78 is 0. The maximum Gasteiger partial charge on any atom is 0.269 e. The van der Waals surface area contributed by atoms with E-state index in [-0.39, 0.29) is 22.5 Å². The van der Waals surface area contributed by atoms with E-state index >= 15 is 0 Å². The first-order valence-electron chi connectivity index (χ1n) is 6.27. The van der Waals surface area contributed by atoms with Crippen LogP contribution in [0.2, 0.25) is 0 Å². The Hall–Kier alpha value is -3.22.